The lowest BCUT2D eigenvalue weighted by molar-refractivity contribution is -0.134. The Hall–Kier alpha value is -2.70. The number of rotatable bonds is 6. The Labute approximate surface area is 146 Å². The molecule has 0 atom stereocenters. The van der Waals surface area contributed by atoms with Crippen LogP contribution in [0.5, 0.6) is 0 Å². The van der Waals surface area contributed by atoms with Crippen molar-refractivity contribution in [1.29, 1.82) is 0 Å². The number of methoxy groups -OCH3 is 1. The van der Waals surface area contributed by atoms with E-state index in [1.165, 1.54) is 13.2 Å². The van der Waals surface area contributed by atoms with E-state index in [0.717, 1.165) is 40.8 Å². The number of hydrogen-bond donors (Lipinski definition) is 1. The minimum Gasteiger partial charge on any atom is -0.466 e. The molecule has 0 radical (unpaired) electrons. The number of nitrogens with one attached hydrogen (secondary N) is 1. The Bertz CT molecular complexity index is 850. The maximum atomic E-state index is 12.2. The van der Waals surface area contributed by atoms with Crippen molar-refractivity contribution in [3.05, 3.63) is 35.2 Å². The van der Waals surface area contributed by atoms with E-state index in [1.807, 2.05) is 6.92 Å². The van der Waals surface area contributed by atoms with Gasteiger partial charge in [0.15, 0.2) is 5.65 Å². The van der Waals surface area contributed by atoms with Crippen molar-refractivity contribution >= 4 is 22.9 Å². The number of nitrogens with zero attached hydrogens (tertiary/aromatic N) is 3. The fourth-order valence-corrected chi connectivity index (χ4v) is 2.89. The fraction of sp³-hybridized carbons (Fsp3) is 0.444. The number of carbonyl (C=O) groups is 2. The zero-order valence-corrected chi connectivity index (χ0v) is 14.7. The van der Waals surface area contributed by atoms with Crippen LogP contribution in [0.4, 0.5) is 0 Å². The van der Waals surface area contributed by atoms with Crippen LogP contribution in [0.3, 0.4) is 0 Å². The third-order valence-electron chi connectivity index (χ3n) is 4.18. The van der Waals surface area contributed by atoms with E-state index in [2.05, 4.69) is 33.1 Å². The van der Waals surface area contributed by atoms with Gasteiger partial charge in [-0.1, -0.05) is 6.08 Å². The number of esters is 1. The van der Waals surface area contributed by atoms with Gasteiger partial charge in [0, 0.05) is 29.6 Å². The van der Waals surface area contributed by atoms with Crippen molar-refractivity contribution in [2.45, 2.75) is 39.2 Å². The van der Waals surface area contributed by atoms with Crippen LogP contribution >= 0.6 is 0 Å². The predicted octanol–water partition coefficient (Wildman–Crippen LogP) is 1.77. The molecule has 0 aliphatic heterocycles. The first-order chi connectivity index (χ1) is 12.0. The molecule has 0 aromatic carbocycles. The van der Waals surface area contributed by atoms with Crippen molar-refractivity contribution in [1.82, 2.24) is 20.1 Å². The molecule has 1 saturated carbocycles. The van der Waals surface area contributed by atoms with E-state index in [0.29, 0.717) is 5.92 Å². The summed E-state index contributed by atoms with van der Waals surface area (Å²) in [6.45, 7) is 4.37. The molecule has 1 aliphatic rings. The number of ether oxygens (including phenoxy) is 1. The first-order valence-electron chi connectivity index (χ1n) is 8.35. The summed E-state index contributed by atoms with van der Waals surface area (Å²) in [5.41, 5.74) is 3.88. The standard InChI is InChI=1S/C18H22N4O3/c1-11-9-12(2)20-18-16(11)17(13-6-7-13)21-22(18)10-14(23)19-8-4-5-15(24)25-3/h4-5,9,13H,6-8,10H2,1-3H3,(H,19,23)/b5-4+. The summed E-state index contributed by atoms with van der Waals surface area (Å²) in [5, 5.41) is 8.48. The Morgan fingerprint density at radius 2 is 2.16 bits per heavy atom. The number of aromatic nitrogens is 3. The molecule has 1 fully saturated rings. The fourth-order valence-electron chi connectivity index (χ4n) is 2.89. The lowest BCUT2D eigenvalue weighted by atomic mass is 10.1. The van der Waals surface area contributed by atoms with Crippen molar-refractivity contribution in [2.24, 2.45) is 0 Å². The second-order valence-electron chi connectivity index (χ2n) is 6.33. The molecule has 7 nitrogen and oxygen atoms in total. The first-order valence-corrected chi connectivity index (χ1v) is 8.35. The van der Waals surface area contributed by atoms with E-state index in [1.54, 1.807) is 10.8 Å². The maximum Gasteiger partial charge on any atom is 0.330 e. The zero-order valence-electron chi connectivity index (χ0n) is 14.7. The normalized spacial score (nSPS) is 14.2. The molecule has 0 spiro atoms. The Morgan fingerprint density at radius 3 is 2.84 bits per heavy atom. The number of aryl methyl sites for hydroxylation is 2. The van der Waals surface area contributed by atoms with Crippen LogP contribution in [0.25, 0.3) is 11.0 Å². The van der Waals surface area contributed by atoms with Gasteiger partial charge in [0.25, 0.3) is 0 Å². The van der Waals surface area contributed by atoms with E-state index in [9.17, 15) is 9.59 Å². The van der Waals surface area contributed by atoms with Crippen molar-refractivity contribution in [3.8, 4) is 0 Å². The lowest BCUT2D eigenvalue weighted by Gasteiger charge is -2.05. The summed E-state index contributed by atoms with van der Waals surface area (Å²) in [5.74, 6) is -0.142. The van der Waals surface area contributed by atoms with Crippen LogP contribution in [0, 0.1) is 13.8 Å². The van der Waals surface area contributed by atoms with Gasteiger partial charge in [-0.05, 0) is 38.3 Å². The molecule has 3 rings (SSSR count). The lowest BCUT2D eigenvalue weighted by Crippen LogP contribution is -2.28. The topological polar surface area (TPSA) is 86.1 Å². The van der Waals surface area contributed by atoms with Gasteiger partial charge >= 0.3 is 5.97 Å². The molecule has 1 N–H and O–H groups in total. The molecule has 25 heavy (non-hydrogen) atoms. The monoisotopic (exact) mass is 342 g/mol. The molecule has 0 bridgehead atoms. The smallest absolute Gasteiger partial charge is 0.330 e. The van der Waals surface area contributed by atoms with Crippen LogP contribution < -0.4 is 5.32 Å². The van der Waals surface area contributed by atoms with Gasteiger partial charge < -0.3 is 10.1 Å². The third-order valence-corrected chi connectivity index (χ3v) is 4.18. The highest BCUT2D eigenvalue weighted by Crippen LogP contribution is 2.43. The van der Waals surface area contributed by atoms with E-state index >= 15 is 0 Å². The average molecular weight is 342 g/mol. The van der Waals surface area contributed by atoms with Gasteiger partial charge in [-0.2, -0.15) is 5.10 Å². The van der Waals surface area contributed by atoms with Crippen molar-refractivity contribution < 1.29 is 14.3 Å². The summed E-state index contributed by atoms with van der Waals surface area (Å²) < 4.78 is 6.18. The van der Waals surface area contributed by atoms with E-state index < -0.39 is 5.97 Å². The Kier molecular flexibility index (Phi) is 4.83. The van der Waals surface area contributed by atoms with E-state index in [-0.39, 0.29) is 19.0 Å². The molecule has 0 saturated heterocycles. The molecular weight excluding hydrogens is 320 g/mol. The van der Waals surface area contributed by atoms with Gasteiger partial charge in [-0.15, -0.1) is 0 Å². The van der Waals surface area contributed by atoms with Gasteiger partial charge in [-0.25, -0.2) is 14.5 Å². The summed E-state index contributed by atoms with van der Waals surface area (Å²) >= 11 is 0. The van der Waals surface area contributed by atoms with Gasteiger partial charge in [0.05, 0.1) is 12.8 Å². The molecule has 7 heteroatoms. The molecule has 0 unspecified atom stereocenters. The molecule has 1 amide bonds. The number of pyridine rings is 1. The van der Waals surface area contributed by atoms with Crippen LogP contribution in [-0.2, 0) is 20.9 Å². The second-order valence-corrected chi connectivity index (χ2v) is 6.33. The summed E-state index contributed by atoms with van der Waals surface area (Å²) in [4.78, 5) is 27.8. The highest BCUT2D eigenvalue weighted by Gasteiger charge is 2.30. The molecule has 132 valence electrons. The molecular formula is C18H22N4O3. The molecule has 1 aliphatic carbocycles. The Morgan fingerprint density at radius 1 is 1.40 bits per heavy atom. The van der Waals surface area contributed by atoms with Crippen molar-refractivity contribution in [3.63, 3.8) is 0 Å². The average Bonchev–Trinajstić information content (AvgIpc) is 3.35. The highest BCUT2D eigenvalue weighted by atomic mass is 16.5. The van der Waals surface area contributed by atoms with Gasteiger partial charge in [0.2, 0.25) is 5.91 Å². The number of hydrogen-bond acceptors (Lipinski definition) is 5. The first kappa shape index (κ1) is 17.1. The quantitative estimate of drug-likeness (QED) is 0.639. The summed E-state index contributed by atoms with van der Waals surface area (Å²) in [7, 11) is 1.31. The number of amides is 1. The minimum absolute atomic E-state index is 0.102. The van der Waals surface area contributed by atoms with Gasteiger partial charge in [0.1, 0.15) is 6.54 Å². The van der Waals surface area contributed by atoms with Crippen LogP contribution in [0.2, 0.25) is 0 Å². The van der Waals surface area contributed by atoms with Crippen LogP contribution in [0.15, 0.2) is 18.2 Å². The minimum atomic E-state index is -0.448. The Balaban J connectivity index is 1.76. The predicted molar refractivity (Wildman–Crippen MR) is 93.1 cm³/mol. The number of fused-ring (bicyclic) bond motifs is 1. The zero-order chi connectivity index (χ0) is 18.0. The summed E-state index contributed by atoms with van der Waals surface area (Å²) in [6.07, 6.45) is 5.12. The van der Waals surface area contributed by atoms with Gasteiger partial charge in [-0.3, -0.25) is 4.79 Å². The van der Waals surface area contributed by atoms with E-state index in [4.69, 9.17) is 0 Å². The maximum absolute atomic E-state index is 12.2. The van der Waals surface area contributed by atoms with Crippen LogP contribution in [-0.4, -0.2) is 40.3 Å². The van der Waals surface area contributed by atoms with Crippen molar-refractivity contribution in [2.75, 3.05) is 13.7 Å². The summed E-state index contributed by atoms with van der Waals surface area (Å²) in [6, 6.07) is 2.05. The molecule has 2 aromatic heterocycles. The third kappa shape index (κ3) is 3.87. The molecule has 2 aromatic rings. The second kappa shape index (κ2) is 7.04. The van der Waals surface area contributed by atoms with Crippen LogP contribution in [0.1, 0.15) is 35.7 Å². The number of carbonyl (C=O) groups excluding carboxylic acids is 2. The molecule has 2 heterocycles. The largest absolute Gasteiger partial charge is 0.466 e. The highest BCUT2D eigenvalue weighted by molar-refractivity contribution is 5.85. The SMILES string of the molecule is COC(=O)/C=C/CNC(=O)Cn1nc(C2CC2)c2c(C)cc(C)nc21.